The molecule has 2 aromatic heterocycles. The molecular formula is C9H10N4O2S. The fraction of sp³-hybridized carbons (Fsp3) is 0.222. The van der Waals surface area contributed by atoms with Gasteiger partial charge in [-0.1, -0.05) is 5.16 Å². The van der Waals surface area contributed by atoms with E-state index in [1.54, 1.807) is 0 Å². The molecule has 0 aliphatic carbocycles. The number of thiophene rings is 1. The number of aryl methyl sites for hydroxylation is 1. The smallest absolute Gasteiger partial charge is 0.292 e. The highest BCUT2D eigenvalue weighted by Crippen LogP contribution is 2.33. The minimum Gasteiger partial charge on any atom is -0.397 e. The molecule has 6 nitrogen and oxygen atoms in total. The second kappa shape index (κ2) is 3.93. The van der Waals surface area contributed by atoms with E-state index in [2.05, 4.69) is 15.5 Å². The van der Waals surface area contributed by atoms with Crippen molar-refractivity contribution in [1.29, 1.82) is 0 Å². The van der Waals surface area contributed by atoms with Gasteiger partial charge in [0.2, 0.25) is 0 Å². The first-order valence-electron chi connectivity index (χ1n) is 4.53. The zero-order valence-corrected chi connectivity index (χ0v) is 9.59. The Kier molecular flexibility index (Phi) is 2.61. The van der Waals surface area contributed by atoms with Gasteiger partial charge < -0.3 is 15.6 Å². The van der Waals surface area contributed by atoms with Crippen molar-refractivity contribution >= 4 is 22.9 Å². The predicted octanol–water partition coefficient (Wildman–Crippen LogP) is 1.05. The topological polar surface area (TPSA) is 94.0 Å². The molecule has 0 aromatic carbocycles. The Morgan fingerprint density at radius 2 is 2.38 bits per heavy atom. The van der Waals surface area contributed by atoms with Crippen LogP contribution in [-0.4, -0.2) is 23.1 Å². The molecule has 0 atom stereocenters. The van der Waals surface area contributed by atoms with Gasteiger partial charge in [-0.25, -0.2) is 0 Å². The van der Waals surface area contributed by atoms with Crippen molar-refractivity contribution in [1.82, 2.24) is 15.5 Å². The third-order valence-corrected chi connectivity index (χ3v) is 3.18. The van der Waals surface area contributed by atoms with Gasteiger partial charge in [0.1, 0.15) is 4.88 Å². The third-order valence-electron chi connectivity index (χ3n) is 2.07. The second-order valence-electron chi connectivity index (χ2n) is 3.16. The Bertz CT molecular complexity index is 531. The minimum absolute atomic E-state index is 0.00273. The van der Waals surface area contributed by atoms with E-state index in [0.717, 1.165) is 5.56 Å². The fourth-order valence-corrected chi connectivity index (χ4v) is 2.03. The molecule has 2 aromatic rings. The number of carbonyl (C=O) groups is 1. The van der Waals surface area contributed by atoms with Crippen LogP contribution in [0.2, 0.25) is 0 Å². The van der Waals surface area contributed by atoms with Crippen LogP contribution in [-0.2, 0) is 0 Å². The summed E-state index contributed by atoms with van der Waals surface area (Å²) in [6.45, 7) is 1.89. The number of anilines is 1. The number of amides is 1. The van der Waals surface area contributed by atoms with Crippen LogP contribution in [0, 0.1) is 6.92 Å². The molecule has 7 heteroatoms. The number of nitrogens with zero attached hydrogens (tertiary/aromatic N) is 2. The van der Waals surface area contributed by atoms with Crippen LogP contribution < -0.4 is 11.1 Å². The van der Waals surface area contributed by atoms with E-state index in [4.69, 9.17) is 10.3 Å². The number of nitrogen functional groups attached to an aromatic ring is 1. The van der Waals surface area contributed by atoms with Crippen LogP contribution in [0.5, 0.6) is 0 Å². The predicted molar refractivity (Wildman–Crippen MR) is 60.2 cm³/mol. The van der Waals surface area contributed by atoms with Crippen LogP contribution in [0.4, 0.5) is 5.69 Å². The summed E-state index contributed by atoms with van der Waals surface area (Å²) in [5, 5.41) is 7.88. The summed E-state index contributed by atoms with van der Waals surface area (Å²) >= 11 is 1.41. The van der Waals surface area contributed by atoms with Gasteiger partial charge in [-0.05, 0) is 17.9 Å². The molecule has 0 saturated heterocycles. The van der Waals surface area contributed by atoms with Crippen LogP contribution in [0.25, 0.3) is 10.8 Å². The summed E-state index contributed by atoms with van der Waals surface area (Å²) in [7, 11) is 1.50. The fourth-order valence-electron chi connectivity index (χ4n) is 1.14. The van der Waals surface area contributed by atoms with E-state index in [0.29, 0.717) is 10.6 Å². The molecule has 0 radical (unpaired) electrons. The lowest BCUT2D eigenvalue weighted by molar-refractivity contribution is 0.0950. The highest BCUT2D eigenvalue weighted by Gasteiger charge is 2.17. The molecule has 1 amide bonds. The molecule has 0 fully saturated rings. The highest BCUT2D eigenvalue weighted by atomic mass is 32.1. The number of nitrogens with two attached hydrogens (primary N) is 1. The first-order chi connectivity index (χ1) is 7.63. The normalized spacial score (nSPS) is 10.4. The van der Waals surface area contributed by atoms with Crippen LogP contribution >= 0.6 is 11.3 Å². The van der Waals surface area contributed by atoms with Crippen molar-refractivity contribution in [3.05, 3.63) is 16.8 Å². The average Bonchev–Trinajstić information content (AvgIpc) is 2.87. The Labute approximate surface area is 95.5 Å². The highest BCUT2D eigenvalue weighted by molar-refractivity contribution is 7.14. The maximum absolute atomic E-state index is 11.2. The van der Waals surface area contributed by atoms with Crippen LogP contribution in [0.1, 0.15) is 16.2 Å². The summed E-state index contributed by atoms with van der Waals surface area (Å²) in [5.41, 5.74) is 7.40. The van der Waals surface area contributed by atoms with Crippen molar-refractivity contribution in [3.8, 4) is 10.8 Å². The van der Waals surface area contributed by atoms with Crippen molar-refractivity contribution < 1.29 is 9.32 Å². The number of carbonyl (C=O) groups excluding carboxylic acids is 1. The standard InChI is InChI=1S/C9H10N4O2S/c1-4-3-16-6(5(4)10)9-12-7(13-15-9)8(14)11-2/h3H,10H2,1-2H3,(H,11,14). The van der Waals surface area contributed by atoms with Crippen molar-refractivity contribution in [2.45, 2.75) is 6.92 Å². The molecule has 84 valence electrons. The summed E-state index contributed by atoms with van der Waals surface area (Å²) in [6, 6.07) is 0. The third kappa shape index (κ3) is 1.65. The summed E-state index contributed by atoms with van der Waals surface area (Å²) in [4.78, 5) is 15.9. The zero-order valence-electron chi connectivity index (χ0n) is 8.77. The molecule has 0 aliphatic rings. The first kappa shape index (κ1) is 10.6. The van der Waals surface area contributed by atoms with E-state index in [1.165, 1.54) is 18.4 Å². The summed E-state index contributed by atoms with van der Waals surface area (Å²) in [6.07, 6.45) is 0. The van der Waals surface area contributed by atoms with Gasteiger partial charge in [0, 0.05) is 7.05 Å². The molecule has 0 bridgehead atoms. The zero-order chi connectivity index (χ0) is 11.7. The maximum Gasteiger partial charge on any atom is 0.292 e. The minimum atomic E-state index is -0.387. The number of aromatic nitrogens is 2. The molecule has 0 saturated carbocycles. The Balaban J connectivity index is 2.39. The van der Waals surface area contributed by atoms with Gasteiger partial charge in [-0.15, -0.1) is 11.3 Å². The van der Waals surface area contributed by atoms with Gasteiger partial charge in [0.15, 0.2) is 0 Å². The Morgan fingerprint density at radius 3 is 2.94 bits per heavy atom. The van der Waals surface area contributed by atoms with Gasteiger partial charge >= 0.3 is 0 Å². The molecule has 2 rings (SSSR count). The van der Waals surface area contributed by atoms with Crippen molar-refractivity contribution in [3.63, 3.8) is 0 Å². The Hall–Kier alpha value is -1.89. The van der Waals surface area contributed by atoms with E-state index in [1.807, 2.05) is 12.3 Å². The van der Waals surface area contributed by atoms with Crippen LogP contribution in [0.15, 0.2) is 9.90 Å². The van der Waals surface area contributed by atoms with Crippen molar-refractivity contribution in [2.24, 2.45) is 0 Å². The molecule has 3 N–H and O–H groups in total. The monoisotopic (exact) mass is 238 g/mol. The summed E-state index contributed by atoms with van der Waals surface area (Å²) in [5.74, 6) is -0.112. The van der Waals surface area contributed by atoms with Gasteiger partial charge in [-0.3, -0.25) is 4.79 Å². The number of hydrogen-bond acceptors (Lipinski definition) is 6. The Morgan fingerprint density at radius 1 is 1.62 bits per heavy atom. The van der Waals surface area contributed by atoms with E-state index >= 15 is 0 Å². The summed E-state index contributed by atoms with van der Waals surface area (Å²) < 4.78 is 4.98. The van der Waals surface area contributed by atoms with E-state index in [9.17, 15) is 4.79 Å². The first-order valence-corrected chi connectivity index (χ1v) is 5.41. The molecule has 2 heterocycles. The van der Waals surface area contributed by atoms with E-state index in [-0.39, 0.29) is 17.6 Å². The maximum atomic E-state index is 11.2. The average molecular weight is 238 g/mol. The lowest BCUT2D eigenvalue weighted by atomic mass is 10.3. The molecule has 0 spiro atoms. The SMILES string of the molecule is CNC(=O)c1noc(-c2scc(C)c2N)n1. The molecule has 0 aliphatic heterocycles. The largest absolute Gasteiger partial charge is 0.397 e. The van der Waals surface area contributed by atoms with Gasteiger partial charge in [-0.2, -0.15) is 4.98 Å². The van der Waals surface area contributed by atoms with Crippen LogP contribution in [0.3, 0.4) is 0 Å². The second-order valence-corrected chi connectivity index (χ2v) is 4.04. The van der Waals surface area contributed by atoms with Gasteiger partial charge in [0.25, 0.3) is 17.6 Å². The quantitative estimate of drug-likeness (QED) is 0.815. The number of nitrogens with one attached hydrogen (secondary N) is 1. The molecular weight excluding hydrogens is 228 g/mol. The molecule has 16 heavy (non-hydrogen) atoms. The van der Waals surface area contributed by atoms with E-state index < -0.39 is 0 Å². The number of rotatable bonds is 2. The van der Waals surface area contributed by atoms with Gasteiger partial charge in [0.05, 0.1) is 5.69 Å². The number of hydrogen-bond donors (Lipinski definition) is 2. The van der Waals surface area contributed by atoms with Crippen molar-refractivity contribution in [2.75, 3.05) is 12.8 Å². The lowest BCUT2D eigenvalue weighted by Crippen LogP contribution is -2.19. The molecule has 0 unspecified atom stereocenters. The lowest BCUT2D eigenvalue weighted by Gasteiger charge is -1.92.